The zero-order valence-corrected chi connectivity index (χ0v) is 10.5. The number of thioether (sulfide) groups is 1. The minimum absolute atomic E-state index is 0.0562. The third-order valence-corrected chi connectivity index (χ3v) is 3.60. The molecule has 0 saturated heterocycles. The summed E-state index contributed by atoms with van der Waals surface area (Å²) in [4.78, 5) is 24.1. The Hall–Kier alpha value is -0.710. The molecular formula is C11H19NO3S. The minimum Gasteiger partial charge on any atom is -0.481 e. The number of carbonyl (C=O) groups excluding carboxylic acids is 1. The van der Waals surface area contributed by atoms with Crippen molar-refractivity contribution in [2.45, 2.75) is 38.6 Å². The molecule has 1 saturated carbocycles. The van der Waals surface area contributed by atoms with Crippen LogP contribution >= 0.6 is 11.8 Å². The van der Waals surface area contributed by atoms with Gasteiger partial charge in [-0.1, -0.05) is 6.92 Å². The fraction of sp³-hybridized carbons (Fsp3) is 0.818. The topological polar surface area (TPSA) is 57.6 Å². The molecule has 5 heteroatoms. The van der Waals surface area contributed by atoms with Crippen molar-refractivity contribution in [2.24, 2.45) is 0 Å². The van der Waals surface area contributed by atoms with E-state index in [1.807, 2.05) is 0 Å². The second-order valence-electron chi connectivity index (χ2n) is 4.01. The smallest absolute Gasteiger partial charge is 0.305 e. The van der Waals surface area contributed by atoms with Crippen LogP contribution in [0, 0.1) is 0 Å². The van der Waals surface area contributed by atoms with Crippen LogP contribution in [0.25, 0.3) is 0 Å². The van der Waals surface area contributed by atoms with Gasteiger partial charge in [0.1, 0.15) is 0 Å². The van der Waals surface area contributed by atoms with Gasteiger partial charge in [-0.2, -0.15) is 11.8 Å². The molecular weight excluding hydrogens is 226 g/mol. The molecule has 1 rings (SSSR count). The van der Waals surface area contributed by atoms with E-state index in [0.717, 1.165) is 25.0 Å². The molecule has 0 heterocycles. The van der Waals surface area contributed by atoms with Crippen molar-refractivity contribution in [3.63, 3.8) is 0 Å². The van der Waals surface area contributed by atoms with Gasteiger partial charge in [0.2, 0.25) is 5.91 Å². The summed E-state index contributed by atoms with van der Waals surface area (Å²) in [6.45, 7) is 2.45. The summed E-state index contributed by atoms with van der Waals surface area (Å²) in [6.07, 6.45) is 3.19. The van der Waals surface area contributed by atoms with Crippen molar-refractivity contribution in [2.75, 3.05) is 18.1 Å². The molecule has 1 fully saturated rings. The van der Waals surface area contributed by atoms with Crippen LogP contribution in [0.4, 0.5) is 0 Å². The van der Waals surface area contributed by atoms with Gasteiger partial charge in [0.25, 0.3) is 0 Å². The largest absolute Gasteiger partial charge is 0.481 e. The summed E-state index contributed by atoms with van der Waals surface area (Å²) in [5.74, 6) is 0.745. The van der Waals surface area contributed by atoms with E-state index in [1.165, 1.54) is 0 Å². The fourth-order valence-electron chi connectivity index (χ4n) is 1.50. The average Bonchev–Trinajstić information content (AvgIpc) is 3.02. The first-order valence-electron chi connectivity index (χ1n) is 5.74. The third kappa shape index (κ3) is 4.88. The molecule has 0 unspecified atom stereocenters. The van der Waals surface area contributed by atoms with Crippen LogP contribution in [0.15, 0.2) is 0 Å². The van der Waals surface area contributed by atoms with E-state index in [1.54, 1.807) is 16.7 Å². The molecule has 0 bridgehead atoms. The second kappa shape index (κ2) is 6.78. The second-order valence-corrected chi connectivity index (χ2v) is 5.12. The number of rotatable bonds is 8. The number of amides is 1. The molecule has 4 nitrogen and oxygen atoms in total. The first-order valence-corrected chi connectivity index (χ1v) is 6.89. The molecule has 1 amide bonds. The van der Waals surface area contributed by atoms with Gasteiger partial charge in [-0.15, -0.1) is 0 Å². The Morgan fingerprint density at radius 3 is 2.62 bits per heavy atom. The van der Waals surface area contributed by atoms with Crippen molar-refractivity contribution in [3.8, 4) is 0 Å². The summed E-state index contributed by atoms with van der Waals surface area (Å²) in [5, 5.41) is 8.62. The highest BCUT2D eigenvalue weighted by atomic mass is 32.2. The Kier molecular flexibility index (Phi) is 5.66. The predicted molar refractivity (Wildman–Crippen MR) is 64.6 cm³/mol. The Morgan fingerprint density at radius 2 is 2.12 bits per heavy atom. The van der Waals surface area contributed by atoms with E-state index in [2.05, 4.69) is 6.92 Å². The maximum atomic E-state index is 11.8. The number of hydrogen-bond acceptors (Lipinski definition) is 3. The molecule has 1 N–H and O–H groups in total. The zero-order valence-electron chi connectivity index (χ0n) is 9.65. The maximum Gasteiger partial charge on any atom is 0.305 e. The summed E-state index contributed by atoms with van der Waals surface area (Å²) in [6, 6.07) is 0.314. The molecule has 0 atom stereocenters. The molecule has 1 aliphatic rings. The molecule has 16 heavy (non-hydrogen) atoms. The molecule has 92 valence electrons. The fourth-order valence-corrected chi connectivity index (χ4v) is 2.27. The molecule has 0 aromatic rings. The summed E-state index contributed by atoms with van der Waals surface area (Å²) in [7, 11) is 0. The normalized spacial score (nSPS) is 14.8. The molecule has 0 aromatic carbocycles. The third-order valence-electron chi connectivity index (χ3n) is 2.45. The molecule has 0 aliphatic heterocycles. The van der Waals surface area contributed by atoms with Crippen LogP contribution in [0.2, 0.25) is 0 Å². The lowest BCUT2D eigenvalue weighted by atomic mass is 10.3. The van der Waals surface area contributed by atoms with Gasteiger partial charge in [0, 0.05) is 12.6 Å². The highest BCUT2D eigenvalue weighted by Crippen LogP contribution is 2.27. The van der Waals surface area contributed by atoms with E-state index in [4.69, 9.17) is 5.11 Å². The number of aliphatic carboxylic acids is 1. The van der Waals surface area contributed by atoms with Crippen molar-refractivity contribution in [1.82, 2.24) is 4.90 Å². The Morgan fingerprint density at radius 1 is 1.44 bits per heavy atom. The lowest BCUT2D eigenvalue weighted by Crippen LogP contribution is -2.36. The van der Waals surface area contributed by atoms with Gasteiger partial charge in [-0.3, -0.25) is 9.59 Å². The van der Waals surface area contributed by atoms with Crippen molar-refractivity contribution >= 4 is 23.6 Å². The van der Waals surface area contributed by atoms with Gasteiger partial charge in [0.15, 0.2) is 0 Å². The summed E-state index contributed by atoms with van der Waals surface area (Å²) < 4.78 is 0. The highest BCUT2D eigenvalue weighted by Gasteiger charge is 2.32. The van der Waals surface area contributed by atoms with Gasteiger partial charge in [-0.25, -0.2) is 0 Å². The number of nitrogens with zero attached hydrogens (tertiary/aromatic N) is 1. The van der Waals surface area contributed by atoms with E-state index in [9.17, 15) is 9.59 Å². The molecule has 1 aliphatic carbocycles. The van der Waals surface area contributed by atoms with Crippen LogP contribution in [0.3, 0.4) is 0 Å². The predicted octanol–water partition coefficient (Wildman–Crippen LogP) is 1.60. The first-order chi connectivity index (χ1) is 7.65. The van der Waals surface area contributed by atoms with Crippen LogP contribution in [-0.4, -0.2) is 46.0 Å². The summed E-state index contributed by atoms with van der Waals surface area (Å²) in [5.41, 5.74) is 0. The Bertz CT molecular complexity index is 254. The SMILES string of the molecule is CCCSCC(=O)N(CCC(=O)O)C1CC1. The number of carboxylic acid groups (broad SMARTS) is 1. The Labute approximate surface area is 100 Å². The van der Waals surface area contributed by atoms with Gasteiger partial charge >= 0.3 is 5.97 Å². The Balaban J connectivity index is 2.30. The van der Waals surface area contributed by atoms with Crippen LogP contribution in [0.1, 0.15) is 32.6 Å². The highest BCUT2D eigenvalue weighted by molar-refractivity contribution is 7.99. The number of carboxylic acids is 1. The van der Waals surface area contributed by atoms with Crippen molar-refractivity contribution < 1.29 is 14.7 Å². The summed E-state index contributed by atoms with van der Waals surface area (Å²) >= 11 is 1.63. The van der Waals surface area contributed by atoms with Crippen LogP contribution < -0.4 is 0 Å². The molecule has 0 aromatic heterocycles. The monoisotopic (exact) mass is 245 g/mol. The van der Waals surface area contributed by atoms with Gasteiger partial charge in [-0.05, 0) is 25.0 Å². The quantitative estimate of drug-likeness (QED) is 0.660. The zero-order chi connectivity index (χ0) is 12.0. The molecule has 0 radical (unpaired) electrons. The van der Waals surface area contributed by atoms with E-state index in [0.29, 0.717) is 18.3 Å². The lowest BCUT2D eigenvalue weighted by Gasteiger charge is -2.21. The lowest BCUT2D eigenvalue weighted by molar-refractivity contribution is -0.138. The standard InChI is InChI=1S/C11H19NO3S/c1-2-7-16-8-10(13)12(9-3-4-9)6-5-11(14)15/h9H,2-8H2,1H3,(H,14,15). The minimum atomic E-state index is -0.834. The van der Waals surface area contributed by atoms with Gasteiger partial charge < -0.3 is 10.0 Å². The van der Waals surface area contributed by atoms with E-state index in [-0.39, 0.29) is 12.3 Å². The van der Waals surface area contributed by atoms with Crippen molar-refractivity contribution in [3.05, 3.63) is 0 Å². The first kappa shape index (κ1) is 13.4. The van der Waals surface area contributed by atoms with Gasteiger partial charge in [0.05, 0.1) is 12.2 Å². The molecule has 0 spiro atoms. The van der Waals surface area contributed by atoms with Crippen LogP contribution in [-0.2, 0) is 9.59 Å². The van der Waals surface area contributed by atoms with Crippen LogP contribution in [0.5, 0.6) is 0 Å². The van der Waals surface area contributed by atoms with Crippen molar-refractivity contribution in [1.29, 1.82) is 0 Å². The maximum absolute atomic E-state index is 11.8. The van der Waals surface area contributed by atoms with E-state index >= 15 is 0 Å². The van der Waals surface area contributed by atoms with E-state index < -0.39 is 5.97 Å². The average molecular weight is 245 g/mol. The number of carbonyl (C=O) groups is 2. The number of hydrogen-bond donors (Lipinski definition) is 1.